The summed E-state index contributed by atoms with van der Waals surface area (Å²) in [5.74, 6) is 0.853. The third-order valence-electron chi connectivity index (χ3n) is 4.44. The molecule has 1 N–H and O–H groups in total. The quantitative estimate of drug-likeness (QED) is 0.458. The van der Waals surface area contributed by atoms with Crippen LogP contribution in [0.5, 0.6) is 5.75 Å². The highest BCUT2D eigenvalue weighted by Gasteiger charge is 2.08. The molecule has 0 saturated heterocycles. The first kappa shape index (κ1) is 18.8. The molecule has 0 amide bonds. The van der Waals surface area contributed by atoms with Crippen LogP contribution in [0.4, 0.5) is 5.69 Å². The fourth-order valence-electron chi connectivity index (χ4n) is 2.73. The van der Waals surface area contributed by atoms with Gasteiger partial charge in [-0.15, -0.1) is 0 Å². The van der Waals surface area contributed by atoms with E-state index in [4.69, 9.17) is 16.3 Å². The summed E-state index contributed by atoms with van der Waals surface area (Å²) >= 11 is 9.78. The largest absolute Gasteiger partial charge is 0.488 e. The van der Waals surface area contributed by atoms with E-state index in [1.807, 2.05) is 36.4 Å². The minimum Gasteiger partial charge on any atom is -0.488 e. The molecule has 0 saturated carbocycles. The van der Waals surface area contributed by atoms with Crippen LogP contribution < -0.4 is 10.1 Å². The SMILES string of the molecule is Cc1cccc(NCc2cc(Br)ccc2OCc2ccccc2Cl)c1C. The molecule has 0 aliphatic rings. The summed E-state index contributed by atoms with van der Waals surface area (Å²) in [5, 5.41) is 4.24. The van der Waals surface area contributed by atoms with Crippen molar-refractivity contribution >= 4 is 33.2 Å². The summed E-state index contributed by atoms with van der Waals surface area (Å²) in [5.41, 5.74) is 5.75. The van der Waals surface area contributed by atoms with E-state index in [1.165, 1.54) is 11.1 Å². The van der Waals surface area contributed by atoms with Gasteiger partial charge in [-0.25, -0.2) is 0 Å². The summed E-state index contributed by atoms with van der Waals surface area (Å²) in [7, 11) is 0. The second kappa shape index (κ2) is 8.61. The van der Waals surface area contributed by atoms with Crippen LogP contribution in [-0.4, -0.2) is 0 Å². The Kier molecular flexibility index (Phi) is 6.23. The number of nitrogens with one attached hydrogen (secondary N) is 1. The van der Waals surface area contributed by atoms with E-state index in [9.17, 15) is 0 Å². The maximum atomic E-state index is 6.23. The molecule has 3 aromatic rings. The Morgan fingerprint density at radius 1 is 0.962 bits per heavy atom. The maximum absolute atomic E-state index is 6.23. The standard InChI is InChI=1S/C22H21BrClNO/c1-15-6-5-9-21(16(15)2)25-13-18-12-19(23)10-11-22(18)26-14-17-7-3-4-8-20(17)24/h3-12,25H,13-14H2,1-2H3. The van der Waals surface area contributed by atoms with Gasteiger partial charge in [0.05, 0.1) is 0 Å². The second-order valence-corrected chi connectivity index (χ2v) is 7.56. The predicted octanol–water partition coefficient (Wildman–Crippen LogP) is 6.91. The van der Waals surface area contributed by atoms with Gasteiger partial charge in [0.15, 0.2) is 0 Å². The minimum absolute atomic E-state index is 0.442. The molecule has 0 aliphatic carbocycles. The smallest absolute Gasteiger partial charge is 0.124 e. The Morgan fingerprint density at radius 3 is 2.58 bits per heavy atom. The summed E-state index contributed by atoms with van der Waals surface area (Å²) in [6.45, 7) is 5.38. The van der Waals surface area contributed by atoms with E-state index in [1.54, 1.807) is 0 Å². The van der Waals surface area contributed by atoms with Crippen LogP contribution >= 0.6 is 27.5 Å². The number of aryl methyl sites for hydroxylation is 1. The maximum Gasteiger partial charge on any atom is 0.124 e. The molecule has 0 spiro atoms. The minimum atomic E-state index is 0.442. The van der Waals surface area contributed by atoms with E-state index >= 15 is 0 Å². The molecule has 0 aromatic heterocycles. The molecule has 0 aliphatic heterocycles. The molecular weight excluding hydrogens is 410 g/mol. The molecule has 3 aromatic carbocycles. The average Bonchev–Trinajstić information content (AvgIpc) is 2.63. The highest BCUT2D eigenvalue weighted by Crippen LogP contribution is 2.27. The van der Waals surface area contributed by atoms with Crippen LogP contribution in [0.25, 0.3) is 0 Å². The lowest BCUT2D eigenvalue weighted by atomic mass is 10.1. The van der Waals surface area contributed by atoms with Crippen molar-refractivity contribution in [1.82, 2.24) is 0 Å². The van der Waals surface area contributed by atoms with Crippen LogP contribution in [0.1, 0.15) is 22.3 Å². The number of halogens is 2. The second-order valence-electron chi connectivity index (χ2n) is 6.23. The topological polar surface area (TPSA) is 21.3 Å². The third kappa shape index (κ3) is 4.60. The zero-order valence-electron chi connectivity index (χ0n) is 14.9. The van der Waals surface area contributed by atoms with Gasteiger partial charge < -0.3 is 10.1 Å². The van der Waals surface area contributed by atoms with Crippen LogP contribution in [0.3, 0.4) is 0 Å². The molecule has 134 valence electrons. The highest BCUT2D eigenvalue weighted by molar-refractivity contribution is 9.10. The lowest BCUT2D eigenvalue weighted by Gasteiger charge is -2.15. The van der Waals surface area contributed by atoms with Gasteiger partial charge in [-0.3, -0.25) is 0 Å². The number of hydrogen-bond acceptors (Lipinski definition) is 2. The summed E-state index contributed by atoms with van der Waals surface area (Å²) in [6, 6.07) is 20.1. The zero-order valence-corrected chi connectivity index (χ0v) is 17.2. The van der Waals surface area contributed by atoms with Gasteiger partial charge in [0, 0.05) is 32.9 Å². The van der Waals surface area contributed by atoms with Crippen LogP contribution in [0.15, 0.2) is 65.1 Å². The lowest BCUT2D eigenvalue weighted by Crippen LogP contribution is -2.05. The zero-order chi connectivity index (χ0) is 18.5. The van der Waals surface area contributed by atoms with Gasteiger partial charge in [-0.05, 0) is 55.3 Å². The molecule has 0 radical (unpaired) electrons. The number of ether oxygens (including phenoxy) is 1. The van der Waals surface area contributed by atoms with E-state index in [0.717, 1.165) is 32.1 Å². The monoisotopic (exact) mass is 429 g/mol. The van der Waals surface area contributed by atoms with Gasteiger partial charge in [-0.2, -0.15) is 0 Å². The number of hydrogen-bond donors (Lipinski definition) is 1. The van der Waals surface area contributed by atoms with Gasteiger partial charge >= 0.3 is 0 Å². The molecule has 0 unspecified atom stereocenters. The summed E-state index contributed by atoms with van der Waals surface area (Å²) < 4.78 is 7.08. The highest BCUT2D eigenvalue weighted by atomic mass is 79.9. The average molecular weight is 431 g/mol. The van der Waals surface area contributed by atoms with Crippen molar-refractivity contribution in [3.8, 4) is 5.75 Å². The molecule has 3 rings (SSSR count). The summed E-state index contributed by atoms with van der Waals surface area (Å²) in [4.78, 5) is 0. The van der Waals surface area contributed by atoms with Crippen molar-refractivity contribution in [2.45, 2.75) is 27.0 Å². The molecule has 0 atom stereocenters. The molecule has 4 heteroatoms. The van der Waals surface area contributed by atoms with Crippen LogP contribution in [-0.2, 0) is 13.2 Å². The van der Waals surface area contributed by atoms with E-state index in [2.05, 4.69) is 59.4 Å². The van der Waals surface area contributed by atoms with Gasteiger partial charge in [0.1, 0.15) is 12.4 Å². The Bertz CT molecular complexity index is 910. The Balaban J connectivity index is 1.75. The molecular formula is C22H21BrClNO. The number of benzene rings is 3. The van der Waals surface area contributed by atoms with Crippen molar-refractivity contribution < 1.29 is 4.74 Å². The predicted molar refractivity (Wildman–Crippen MR) is 113 cm³/mol. The van der Waals surface area contributed by atoms with Crippen molar-refractivity contribution in [3.05, 3.63) is 92.4 Å². The Labute approximate surface area is 168 Å². The van der Waals surface area contributed by atoms with Crippen molar-refractivity contribution in [2.24, 2.45) is 0 Å². The first-order valence-corrected chi connectivity index (χ1v) is 9.66. The fourth-order valence-corrected chi connectivity index (χ4v) is 3.33. The summed E-state index contributed by atoms with van der Waals surface area (Å²) in [6.07, 6.45) is 0. The van der Waals surface area contributed by atoms with Crippen molar-refractivity contribution in [3.63, 3.8) is 0 Å². The fraction of sp³-hybridized carbons (Fsp3) is 0.182. The number of rotatable bonds is 6. The molecule has 26 heavy (non-hydrogen) atoms. The Hall–Kier alpha value is -1.97. The van der Waals surface area contributed by atoms with E-state index in [0.29, 0.717) is 13.2 Å². The van der Waals surface area contributed by atoms with Crippen LogP contribution in [0, 0.1) is 13.8 Å². The first-order valence-electron chi connectivity index (χ1n) is 8.49. The third-order valence-corrected chi connectivity index (χ3v) is 5.30. The molecule has 0 bridgehead atoms. The molecule has 0 fully saturated rings. The lowest BCUT2D eigenvalue weighted by molar-refractivity contribution is 0.303. The van der Waals surface area contributed by atoms with Gasteiger partial charge in [-0.1, -0.05) is 57.9 Å². The first-order chi connectivity index (χ1) is 12.5. The van der Waals surface area contributed by atoms with Crippen LogP contribution in [0.2, 0.25) is 5.02 Å². The van der Waals surface area contributed by atoms with E-state index in [-0.39, 0.29) is 0 Å². The van der Waals surface area contributed by atoms with Gasteiger partial charge in [0.2, 0.25) is 0 Å². The van der Waals surface area contributed by atoms with E-state index < -0.39 is 0 Å². The van der Waals surface area contributed by atoms with Crippen molar-refractivity contribution in [1.29, 1.82) is 0 Å². The Morgan fingerprint density at radius 2 is 1.77 bits per heavy atom. The normalized spacial score (nSPS) is 10.6. The molecule has 0 heterocycles. The molecule has 2 nitrogen and oxygen atoms in total. The number of anilines is 1. The van der Waals surface area contributed by atoms with Crippen molar-refractivity contribution in [2.75, 3.05) is 5.32 Å². The van der Waals surface area contributed by atoms with Gasteiger partial charge in [0.25, 0.3) is 0 Å².